The van der Waals surface area contributed by atoms with E-state index in [0.29, 0.717) is 13.2 Å². The van der Waals surface area contributed by atoms with Crippen molar-refractivity contribution in [3.8, 4) is 11.5 Å². The Morgan fingerprint density at radius 2 is 1.94 bits per heavy atom. The van der Waals surface area contributed by atoms with Crippen molar-refractivity contribution in [1.82, 2.24) is 4.90 Å². The number of rotatable bonds is 6. The van der Waals surface area contributed by atoms with Gasteiger partial charge in [-0.3, -0.25) is 0 Å². The van der Waals surface area contributed by atoms with Crippen LogP contribution < -0.4 is 15.2 Å². The molecule has 0 aliphatic rings. The molecule has 1 aromatic rings. The van der Waals surface area contributed by atoms with Crippen LogP contribution >= 0.6 is 0 Å². The van der Waals surface area contributed by atoms with E-state index < -0.39 is 0 Å². The molecule has 0 amide bonds. The van der Waals surface area contributed by atoms with E-state index in [1.165, 1.54) is 0 Å². The van der Waals surface area contributed by atoms with Crippen LogP contribution in [0.25, 0.3) is 0 Å². The smallest absolute Gasteiger partial charge is 0.127 e. The van der Waals surface area contributed by atoms with Gasteiger partial charge in [-0.15, -0.1) is 0 Å². The molecular weight excluding hydrogens is 228 g/mol. The van der Waals surface area contributed by atoms with Gasteiger partial charge in [-0.1, -0.05) is 6.07 Å². The minimum absolute atomic E-state index is 0.0328. The number of benzene rings is 1. The molecule has 4 nitrogen and oxygen atoms in total. The highest BCUT2D eigenvalue weighted by Gasteiger charge is 2.21. The number of ether oxygens (including phenoxy) is 2. The lowest BCUT2D eigenvalue weighted by atomic mass is 10.1. The van der Waals surface area contributed by atoms with E-state index in [1.807, 2.05) is 32.3 Å². The van der Waals surface area contributed by atoms with Crippen LogP contribution in [-0.4, -0.2) is 38.3 Å². The molecule has 0 aromatic heterocycles. The van der Waals surface area contributed by atoms with Crippen molar-refractivity contribution in [3.05, 3.63) is 23.8 Å². The summed E-state index contributed by atoms with van der Waals surface area (Å²) in [6.45, 7) is 5.33. The number of likely N-dealkylation sites (N-methyl/N-ethyl adjacent to an activating group) is 1. The fourth-order valence-corrected chi connectivity index (χ4v) is 1.35. The van der Waals surface area contributed by atoms with Gasteiger partial charge in [0.2, 0.25) is 0 Å². The Bertz CT molecular complexity index is 389. The Hall–Kier alpha value is -1.26. The van der Waals surface area contributed by atoms with Crippen molar-refractivity contribution in [3.63, 3.8) is 0 Å². The van der Waals surface area contributed by atoms with Gasteiger partial charge in [-0.25, -0.2) is 0 Å². The second-order valence-electron chi connectivity index (χ2n) is 5.17. The van der Waals surface area contributed by atoms with Gasteiger partial charge in [0.05, 0.1) is 7.11 Å². The van der Waals surface area contributed by atoms with Crippen molar-refractivity contribution in [1.29, 1.82) is 0 Å². The number of nitrogens with zero attached hydrogens (tertiary/aromatic N) is 1. The summed E-state index contributed by atoms with van der Waals surface area (Å²) in [5.74, 6) is 1.58. The topological polar surface area (TPSA) is 47.7 Å². The van der Waals surface area contributed by atoms with Crippen molar-refractivity contribution in [2.75, 3.05) is 27.8 Å². The minimum Gasteiger partial charge on any atom is -0.497 e. The van der Waals surface area contributed by atoms with Gasteiger partial charge in [-0.05, 0) is 34.0 Å². The molecule has 0 saturated heterocycles. The van der Waals surface area contributed by atoms with Crippen LogP contribution in [0.1, 0.15) is 19.4 Å². The van der Waals surface area contributed by atoms with Gasteiger partial charge in [0.1, 0.15) is 18.1 Å². The summed E-state index contributed by atoms with van der Waals surface area (Å²) in [7, 11) is 5.72. The Morgan fingerprint density at radius 3 is 2.44 bits per heavy atom. The Labute approximate surface area is 110 Å². The Kier molecular flexibility index (Phi) is 4.99. The van der Waals surface area contributed by atoms with Crippen LogP contribution in [0.4, 0.5) is 0 Å². The van der Waals surface area contributed by atoms with Crippen LogP contribution in [0.2, 0.25) is 0 Å². The number of nitrogens with two attached hydrogens (primary N) is 1. The van der Waals surface area contributed by atoms with Crippen LogP contribution in [0.3, 0.4) is 0 Å². The van der Waals surface area contributed by atoms with E-state index >= 15 is 0 Å². The summed E-state index contributed by atoms with van der Waals surface area (Å²) in [6, 6.07) is 5.72. The summed E-state index contributed by atoms with van der Waals surface area (Å²) in [5.41, 5.74) is 6.67. The molecule has 1 rings (SSSR count). The zero-order valence-corrected chi connectivity index (χ0v) is 12.0. The summed E-state index contributed by atoms with van der Waals surface area (Å²) >= 11 is 0. The maximum Gasteiger partial charge on any atom is 0.127 e. The molecule has 4 heteroatoms. The summed E-state index contributed by atoms with van der Waals surface area (Å²) < 4.78 is 11.1. The van der Waals surface area contributed by atoms with Crippen molar-refractivity contribution >= 4 is 0 Å². The zero-order chi connectivity index (χ0) is 13.8. The highest BCUT2D eigenvalue weighted by molar-refractivity contribution is 5.40. The van der Waals surface area contributed by atoms with Crippen molar-refractivity contribution in [2.45, 2.75) is 25.9 Å². The third kappa shape index (κ3) is 3.62. The normalized spacial score (nSPS) is 11.7. The molecule has 0 unspecified atom stereocenters. The molecular formula is C14H24N2O2. The van der Waals surface area contributed by atoms with E-state index in [-0.39, 0.29) is 5.54 Å². The number of hydrogen-bond donors (Lipinski definition) is 1. The van der Waals surface area contributed by atoms with E-state index in [0.717, 1.165) is 17.1 Å². The molecule has 0 radical (unpaired) electrons. The second kappa shape index (κ2) is 6.07. The Balaban J connectivity index is 2.83. The van der Waals surface area contributed by atoms with Crippen LogP contribution in [-0.2, 0) is 6.54 Å². The number of methoxy groups -OCH3 is 1. The fourth-order valence-electron chi connectivity index (χ4n) is 1.35. The van der Waals surface area contributed by atoms with Gasteiger partial charge >= 0.3 is 0 Å². The maximum atomic E-state index is 5.89. The summed E-state index contributed by atoms with van der Waals surface area (Å²) in [5, 5.41) is 0. The molecule has 0 aliphatic carbocycles. The molecule has 0 saturated carbocycles. The van der Waals surface area contributed by atoms with Crippen LogP contribution in [0.15, 0.2) is 18.2 Å². The van der Waals surface area contributed by atoms with Gasteiger partial charge < -0.3 is 20.1 Å². The monoisotopic (exact) mass is 252 g/mol. The largest absolute Gasteiger partial charge is 0.497 e. The molecule has 1 aromatic carbocycles. The quantitative estimate of drug-likeness (QED) is 0.839. The van der Waals surface area contributed by atoms with Gasteiger partial charge in [0, 0.05) is 23.7 Å². The third-order valence-electron chi connectivity index (χ3n) is 3.29. The lowest BCUT2D eigenvalue weighted by Crippen LogP contribution is -2.43. The van der Waals surface area contributed by atoms with Crippen molar-refractivity contribution in [2.24, 2.45) is 5.73 Å². The lowest BCUT2D eigenvalue weighted by molar-refractivity contribution is 0.113. The minimum atomic E-state index is -0.0328. The van der Waals surface area contributed by atoms with E-state index in [2.05, 4.69) is 18.7 Å². The maximum absolute atomic E-state index is 5.89. The number of hydrogen-bond acceptors (Lipinski definition) is 4. The first-order valence-electron chi connectivity index (χ1n) is 6.08. The highest BCUT2D eigenvalue weighted by atomic mass is 16.5. The van der Waals surface area contributed by atoms with E-state index in [1.54, 1.807) is 7.11 Å². The molecule has 0 atom stereocenters. The third-order valence-corrected chi connectivity index (χ3v) is 3.29. The SMILES string of the molecule is COc1ccc(CN)c(OCC(C)(C)N(C)C)c1. The zero-order valence-electron chi connectivity index (χ0n) is 12.0. The molecule has 0 spiro atoms. The molecule has 0 aliphatic heterocycles. The molecule has 102 valence electrons. The lowest BCUT2D eigenvalue weighted by Gasteiger charge is -2.32. The van der Waals surface area contributed by atoms with Gasteiger partial charge in [0.15, 0.2) is 0 Å². The predicted molar refractivity (Wildman–Crippen MR) is 74.1 cm³/mol. The molecule has 0 fully saturated rings. The first-order valence-corrected chi connectivity index (χ1v) is 6.08. The average Bonchev–Trinajstić information content (AvgIpc) is 2.35. The van der Waals surface area contributed by atoms with E-state index in [9.17, 15) is 0 Å². The first-order chi connectivity index (χ1) is 8.40. The van der Waals surface area contributed by atoms with Crippen LogP contribution in [0.5, 0.6) is 11.5 Å². The average molecular weight is 252 g/mol. The molecule has 18 heavy (non-hydrogen) atoms. The molecule has 2 N–H and O–H groups in total. The Morgan fingerprint density at radius 1 is 1.28 bits per heavy atom. The first kappa shape index (κ1) is 14.8. The molecule has 0 bridgehead atoms. The standard InChI is InChI=1S/C14H24N2O2/c1-14(2,16(3)4)10-18-13-8-12(17-5)7-6-11(13)9-15/h6-8H,9-10,15H2,1-5H3. The van der Waals surface area contributed by atoms with E-state index in [4.69, 9.17) is 15.2 Å². The second-order valence-corrected chi connectivity index (χ2v) is 5.17. The van der Waals surface area contributed by atoms with Gasteiger partial charge in [-0.2, -0.15) is 0 Å². The highest BCUT2D eigenvalue weighted by Crippen LogP contribution is 2.25. The molecule has 0 heterocycles. The predicted octanol–water partition coefficient (Wildman–Crippen LogP) is 1.87. The van der Waals surface area contributed by atoms with Crippen molar-refractivity contribution < 1.29 is 9.47 Å². The summed E-state index contributed by atoms with van der Waals surface area (Å²) in [4.78, 5) is 2.13. The summed E-state index contributed by atoms with van der Waals surface area (Å²) in [6.07, 6.45) is 0. The fraction of sp³-hybridized carbons (Fsp3) is 0.571. The van der Waals surface area contributed by atoms with Gasteiger partial charge in [0.25, 0.3) is 0 Å². The van der Waals surface area contributed by atoms with Crippen LogP contribution in [0, 0.1) is 0 Å².